The van der Waals surface area contributed by atoms with Gasteiger partial charge in [-0.15, -0.1) is 0 Å². The summed E-state index contributed by atoms with van der Waals surface area (Å²) in [4.78, 5) is 0. The van der Waals surface area contributed by atoms with E-state index < -0.39 is 27.8 Å². The molecule has 0 amide bonds. The van der Waals surface area contributed by atoms with Crippen LogP contribution < -0.4 is 0 Å². The van der Waals surface area contributed by atoms with E-state index in [1.54, 1.807) is 33.8 Å². The first-order valence-corrected chi connectivity index (χ1v) is 6.76. The fourth-order valence-corrected chi connectivity index (χ4v) is 1.85. The molecule has 0 radical (unpaired) electrons. The van der Waals surface area contributed by atoms with Gasteiger partial charge >= 0.3 is 6.18 Å². The Balaban J connectivity index is 3.03. The van der Waals surface area contributed by atoms with Crippen molar-refractivity contribution in [3.63, 3.8) is 0 Å². The summed E-state index contributed by atoms with van der Waals surface area (Å²) in [6.45, 7) is 6.82. The molecule has 19 heavy (non-hydrogen) atoms. The molecule has 0 aromatic heterocycles. The minimum atomic E-state index is -4.39. The van der Waals surface area contributed by atoms with Crippen molar-refractivity contribution >= 4 is 17.6 Å². The zero-order valence-corrected chi connectivity index (χ0v) is 12.0. The van der Waals surface area contributed by atoms with Gasteiger partial charge in [-0.05, 0) is 51.0 Å². The van der Waals surface area contributed by atoms with Crippen LogP contribution in [0, 0.1) is 6.92 Å². The monoisotopic (exact) mass is 291 g/mol. The molecular weight excluding hydrogens is 275 g/mol. The van der Waals surface area contributed by atoms with Crippen LogP contribution in [0.2, 0.25) is 0 Å². The molecule has 1 unspecified atom stereocenters. The van der Waals surface area contributed by atoms with Gasteiger partial charge in [0.05, 0.1) is 11.8 Å². The van der Waals surface area contributed by atoms with Gasteiger partial charge in [0.15, 0.2) is 0 Å². The van der Waals surface area contributed by atoms with Crippen LogP contribution in [0.15, 0.2) is 22.6 Å². The molecule has 1 atom stereocenters. The predicted octanol–water partition coefficient (Wildman–Crippen LogP) is 3.89. The number of hydrogen-bond donors (Lipinski definition) is 0. The Morgan fingerprint density at radius 2 is 1.74 bits per heavy atom. The Kier molecular flexibility index (Phi) is 4.68. The Morgan fingerprint density at radius 1 is 1.16 bits per heavy atom. The summed E-state index contributed by atoms with van der Waals surface area (Å²) in [7, 11) is 0. The molecule has 2 nitrogen and oxygen atoms in total. The predicted molar refractivity (Wildman–Crippen MR) is 71.7 cm³/mol. The smallest absolute Gasteiger partial charge is 0.416 e. The fourth-order valence-electron chi connectivity index (χ4n) is 1.32. The maximum absolute atomic E-state index is 12.6. The second-order valence-corrected chi connectivity index (χ2v) is 7.16. The number of alkyl halides is 3. The highest BCUT2D eigenvalue weighted by atomic mass is 32.2. The zero-order chi connectivity index (χ0) is 14.8. The molecule has 6 heteroatoms. The van der Waals surface area contributed by atoms with E-state index in [-0.39, 0.29) is 0 Å². The van der Waals surface area contributed by atoms with Gasteiger partial charge in [0.1, 0.15) is 16.1 Å². The van der Waals surface area contributed by atoms with Crippen molar-refractivity contribution < 1.29 is 17.7 Å². The fraction of sp³-hybridized carbons (Fsp3) is 0.462. The Labute approximate surface area is 114 Å². The van der Waals surface area contributed by atoms with E-state index in [1.807, 2.05) is 0 Å². The van der Waals surface area contributed by atoms with Gasteiger partial charge in [0.25, 0.3) is 0 Å². The number of hydrogen-bond acceptors (Lipinski definition) is 2. The third-order valence-electron chi connectivity index (χ3n) is 2.25. The number of rotatable bonds is 2. The average molecular weight is 291 g/mol. The molecule has 106 valence electrons. The molecule has 0 aliphatic rings. The highest BCUT2D eigenvalue weighted by Crippen LogP contribution is 2.30. The Hall–Kier alpha value is -1.01. The summed E-state index contributed by atoms with van der Waals surface area (Å²) in [5.74, 6) is 0. The highest BCUT2D eigenvalue weighted by Gasteiger charge is 2.31. The summed E-state index contributed by atoms with van der Waals surface area (Å²) in [5.41, 5.74) is 0.0539. The molecule has 0 aliphatic carbocycles. The van der Waals surface area contributed by atoms with Gasteiger partial charge in [0.2, 0.25) is 0 Å². The minimum absolute atomic E-state index is 0.296. The molecule has 0 heterocycles. The van der Waals surface area contributed by atoms with Gasteiger partial charge in [-0.3, -0.25) is 0 Å². The van der Waals surface area contributed by atoms with Crippen LogP contribution in [0.3, 0.4) is 0 Å². The van der Waals surface area contributed by atoms with Crippen LogP contribution in [-0.2, 0) is 17.5 Å². The molecule has 0 N–H and O–H groups in total. The molecule has 0 fully saturated rings. The summed E-state index contributed by atoms with van der Waals surface area (Å²) >= 11 is -1.48. The lowest BCUT2D eigenvalue weighted by Crippen LogP contribution is -2.25. The van der Waals surface area contributed by atoms with Crippen molar-refractivity contribution in [2.75, 3.05) is 0 Å². The maximum Gasteiger partial charge on any atom is 0.416 e. The van der Waals surface area contributed by atoms with Gasteiger partial charge in [0, 0.05) is 0 Å². The largest absolute Gasteiger partial charge is 0.591 e. The summed E-state index contributed by atoms with van der Waals surface area (Å²) in [6.07, 6.45) is -3.17. The third kappa shape index (κ3) is 4.87. The van der Waals surface area contributed by atoms with Crippen LogP contribution in [0.25, 0.3) is 0 Å². The second-order valence-electron chi connectivity index (χ2n) is 5.23. The van der Waals surface area contributed by atoms with E-state index in [0.717, 1.165) is 12.1 Å². The molecular formula is C13H16F3NOS. The van der Waals surface area contributed by atoms with Crippen molar-refractivity contribution in [1.29, 1.82) is 0 Å². The summed E-state index contributed by atoms with van der Waals surface area (Å²) in [5, 5.41) is 0. The van der Waals surface area contributed by atoms with E-state index >= 15 is 0 Å². The van der Waals surface area contributed by atoms with E-state index in [1.165, 1.54) is 6.21 Å². The molecule has 1 rings (SSSR count). The van der Waals surface area contributed by atoms with E-state index in [2.05, 4.69) is 4.40 Å². The van der Waals surface area contributed by atoms with E-state index in [0.29, 0.717) is 11.1 Å². The van der Waals surface area contributed by atoms with Gasteiger partial charge in [-0.2, -0.15) is 13.2 Å². The van der Waals surface area contributed by atoms with Crippen molar-refractivity contribution in [3.8, 4) is 0 Å². The lowest BCUT2D eigenvalue weighted by atomic mass is 10.1. The number of halogens is 3. The average Bonchev–Trinajstić information content (AvgIpc) is 2.22. The van der Waals surface area contributed by atoms with Crippen molar-refractivity contribution in [1.82, 2.24) is 0 Å². The van der Waals surface area contributed by atoms with Crippen molar-refractivity contribution in [2.24, 2.45) is 4.40 Å². The Morgan fingerprint density at radius 3 is 2.21 bits per heavy atom. The zero-order valence-electron chi connectivity index (χ0n) is 11.2. The van der Waals surface area contributed by atoms with Crippen LogP contribution in [0.4, 0.5) is 13.2 Å². The quantitative estimate of drug-likeness (QED) is 0.601. The molecule has 0 saturated heterocycles. The van der Waals surface area contributed by atoms with Crippen molar-refractivity contribution in [2.45, 2.75) is 38.6 Å². The molecule has 0 spiro atoms. The molecule has 0 aliphatic heterocycles. The second kappa shape index (κ2) is 5.54. The minimum Gasteiger partial charge on any atom is -0.591 e. The summed E-state index contributed by atoms with van der Waals surface area (Å²) in [6, 6.07) is 3.63. The first-order valence-electron chi connectivity index (χ1n) is 5.65. The van der Waals surface area contributed by atoms with Crippen LogP contribution in [-0.4, -0.2) is 15.5 Å². The molecule has 1 aromatic rings. The van der Waals surface area contributed by atoms with E-state index in [4.69, 9.17) is 0 Å². The van der Waals surface area contributed by atoms with E-state index in [9.17, 15) is 17.7 Å². The van der Waals surface area contributed by atoms with Crippen LogP contribution >= 0.6 is 0 Å². The van der Waals surface area contributed by atoms with Gasteiger partial charge in [-0.25, -0.2) is 0 Å². The normalized spacial score (nSPS) is 14.9. The lowest BCUT2D eigenvalue weighted by molar-refractivity contribution is -0.137. The van der Waals surface area contributed by atoms with Gasteiger partial charge < -0.3 is 4.55 Å². The standard InChI is InChI=1S/C13H16F3NOS/c1-9-5-10(7-11(6-9)13(14,15)16)8-17-19(18)12(2,3)4/h5-8H,1-4H3. The highest BCUT2D eigenvalue weighted by molar-refractivity contribution is 7.91. The van der Waals surface area contributed by atoms with Crippen LogP contribution in [0.5, 0.6) is 0 Å². The number of aryl methyl sites for hydroxylation is 1. The first kappa shape index (κ1) is 16.0. The van der Waals surface area contributed by atoms with Crippen molar-refractivity contribution in [3.05, 3.63) is 34.9 Å². The SMILES string of the molecule is Cc1cc(C=N[S+]([O-])C(C)(C)C)cc(C(F)(F)F)c1. The van der Waals surface area contributed by atoms with Crippen LogP contribution in [0.1, 0.15) is 37.5 Å². The lowest BCUT2D eigenvalue weighted by Gasteiger charge is -2.17. The number of nitrogens with zero attached hydrogens (tertiary/aromatic N) is 1. The van der Waals surface area contributed by atoms with Gasteiger partial charge in [-0.1, -0.05) is 10.5 Å². The maximum atomic E-state index is 12.6. The molecule has 0 saturated carbocycles. The number of benzene rings is 1. The Bertz CT molecular complexity index is 478. The molecule has 1 aromatic carbocycles. The molecule has 0 bridgehead atoms. The summed E-state index contributed by atoms with van der Waals surface area (Å²) < 4.78 is 52.9. The third-order valence-corrected chi connectivity index (χ3v) is 3.59. The topological polar surface area (TPSA) is 35.4 Å². The first-order chi connectivity index (χ1) is 8.50.